The molecule has 1 aromatic carbocycles. The van der Waals surface area contributed by atoms with Gasteiger partial charge in [-0.3, -0.25) is 0 Å². The quantitative estimate of drug-likeness (QED) is 0.717. The predicted molar refractivity (Wildman–Crippen MR) is 91.6 cm³/mol. The lowest BCUT2D eigenvalue weighted by Gasteiger charge is -2.12. The number of hydrogen-bond donors (Lipinski definition) is 2. The number of anilines is 1. The minimum atomic E-state index is -4.58. The molecule has 6 nitrogen and oxygen atoms in total. The van der Waals surface area contributed by atoms with Crippen molar-refractivity contribution in [2.24, 2.45) is 0 Å². The first-order valence-electron chi connectivity index (χ1n) is 7.41. The van der Waals surface area contributed by atoms with Crippen molar-refractivity contribution in [3.8, 4) is 0 Å². The normalized spacial score (nSPS) is 12.2. The van der Waals surface area contributed by atoms with Crippen LogP contribution in [-0.4, -0.2) is 31.5 Å². The molecule has 0 aliphatic carbocycles. The molecule has 2 aromatic rings. The molecule has 0 unspecified atom stereocenters. The van der Waals surface area contributed by atoms with Gasteiger partial charge >= 0.3 is 6.18 Å². The van der Waals surface area contributed by atoms with Gasteiger partial charge in [0, 0.05) is 24.3 Å². The van der Waals surface area contributed by atoms with Crippen molar-refractivity contribution >= 4 is 27.6 Å². The largest absolute Gasteiger partial charge is 0.433 e. The number of nitrogens with one attached hydrogen (secondary N) is 2. The summed E-state index contributed by atoms with van der Waals surface area (Å²) in [6, 6.07) is 3.77. The van der Waals surface area contributed by atoms with E-state index in [1.807, 2.05) is 0 Å². The minimum Gasteiger partial charge on any atom is -0.353 e. The maximum atomic E-state index is 12.6. The standard InChI is InChI=1S/C15H16ClF3N4O2S/c1-9-8-12(10(2)7-11(9)16)26(24,25)22-6-5-21-14-20-4-3-13(23-14)15(17,18)19/h3-4,7-8,22H,5-6H2,1-2H3,(H,20,21,23). The van der Waals surface area contributed by atoms with E-state index in [0.717, 1.165) is 12.3 Å². The van der Waals surface area contributed by atoms with Crippen LogP contribution < -0.4 is 10.0 Å². The molecule has 0 aliphatic rings. The van der Waals surface area contributed by atoms with Crippen LogP contribution in [-0.2, 0) is 16.2 Å². The first kappa shape index (κ1) is 20.4. The minimum absolute atomic E-state index is 0.00611. The van der Waals surface area contributed by atoms with Gasteiger partial charge in [-0.25, -0.2) is 23.1 Å². The molecular formula is C15H16ClF3N4O2S. The molecule has 0 bridgehead atoms. The molecule has 11 heteroatoms. The Balaban J connectivity index is 1.99. The van der Waals surface area contributed by atoms with Gasteiger partial charge in [-0.2, -0.15) is 13.2 Å². The van der Waals surface area contributed by atoms with Crippen LogP contribution in [0.1, 0.15) is 16.8 Å². The van der Waals surface area contributed by atoms with E-state index in [-0.39, 0.29) is 23.9 Å². The third kappa shape index (κ3) is 5.05. The van der Waals surface area contributed by atoms with E-state index >= 15 is 0 Å². The summed E-state index contributed by atoms with van der Waals surface area (Å²) in [5.74, 6) is -0.238. The molecular weight excluding hydrogens is 393 g/mol. The van der Waals surface area contributed by atoms with Gasteiger partial charge in [0.05, 0.1) is 4.90 Å². The molecule has 1 heterocycles. The predicted octanol–water partition coefficient (Wildman–Crippen LogP) is 3.16. The van der Waals surface area contributed by atoms with Crippen molar-refractivity contribution < 1.29 is 21.6 Å². The number of alkyl halides is 3. The molecule has 0 radical (unpaired) electrons. The topological polar surface area (TPSA) is 84.0 Å². The van der Waals surface area contributed by atoms with E-state index in [1.54, 1.807) is 19.9 Å². The zero-order valence-electron chi connectivity index (χ0n) is 13.9. The molecule has 0 fully saturated rings. The van der Waals surface area contributed by atoms with Crippen molar-refractivity contribution in [3.63, 3.8) is 0 Å². The van der Waals surface area contributed by atoms with Crippen LogP contribution in [0.3, 0.4) is 0 Å². The van der Waals surface area contributed by atoms with Gasteiger partial charge in [-0.05, 0) is 43.2 Å². The number of aryl methyl sites for hydroxylation is 2. The molecule has 0 atom stereocenters. The average molecular weight is 409 g/mol. The highest BCUT2D eigenvalue weighted by molar-refractivity contribution is 7.89. The highest BCUT2D eigenvalue weighted by Crippen LogP contribution is 2.27. The third-order valence-electron chi connectivity index (χ3n) is 3.39. The number of benzene rings is 1. The molecule has 2 rings (SSSR count). The van der Waals surface area contributed by atoms with Gasteiger partial charge < -0.3 is 5.32 Å². The summed E-state index contributed by atoms with van der Waals surface area (Å²) in [6.07, 6.45) is -3.60. The van der Waals surface area contributed by atoms with Crippen LogP contribution >= 0.6 is 11.6 Å². The Kier molecular flexibility index (Phi) is 6.09. The molecule has 2 N–H and O–H groups in total. The number of rotatable bonds is 6. The van der Waals surface area contributed by atoms with Crippen molar-refractivity contribution in [1.29, 1.82) is 0 Å². The highest BCUT2D eigenvalue weighted by Gasteiger charge is 2.32. The van der Waals surface area contributed by atoms with Crippen molar-refractivity contribution in [2.75, 3.05) is 18.4 Å². The summed E-state index contributed by atoms with van der Waals surface area (Å²) in [4.78, 5) is 7.09. The van der Waals surface area contributed by atoms with Crippen LogP contribution in [0, 0.1) is 13.8 Å². The summed E-state index contributed by atoms with van der Waals surface area (Å²) in [5, 5.41) is 3.01. The fourth-order valence-electron chi connectivity index (χ4n) is 2.08. The Morgan fingerprint density at radius 1 is 1.15 bits per heavy atom. The van der Waals surface area contributed by atoms with Crippen LogP contribution in [0.15, 0.2) is 29.3 Å². The van der Waals surface area contributed by atoms with Crippen LogP contribution in [0.5, 0.6) is 0 Å². The Hall–Kier alpha value is -1.91. The van der Waals surface area contributed by atoms with Gasteiger partial charge in [-0.15, -0.1) is 0 Å². The summed E-state index contributed by atoms with van der Waals surface area (Å²) in [5.41, 5.74) is 0.0262. The van der Waals surface area contributed by atoms with Gasteiger partial charge in [0.2, 0.25) is 16.0 Å². The molecule has 1 aromatic heterocycles. The van der Waals surface area contributed by atoms with Gasteiger partial charge in [0.1, 0.15) is 5.69 Å². The number of nitrogens with zero attached hydrogens (tertiary/aromatic N) is 2. The average Bonchev–Trinajstić information content (AvgIpc) is 2.54. The van der Waals surface area contributed by atoms with Crippen LogP contribution in [0.4, 0.5) is 19.1 Å². The van der Waals surface area contributed by atoms with Crippen molar-refractivity contribution in [1.82, 2.24) is 14.7 Å². The Bertz CT molecular complexity index is 904. The van der Waals surface area contributed by atoms with E-state index < -0.39 is 21.9 Å². The molecule has 142 valence electrons. The van der Waals surface area contributed by atoms with Gasteiger partial charge in [-0.1, -0.05) is 11.6 Å². The Morgan fingerprint density at radius 2 is 1.85 bits per heavy atom. The molecule has 0 amide bonds. The summed E-state index contributed by atoms with van der Waals surface area (Å²) in [6.45, 7) is 3.25. The first-order valence-corrected chi connectivity index (χ1v) is 9.27. The maximum absolute atomic E-state index is 12.6. The molecule has 0 saturated carbocycles. The van der Waals surface area contributed by atoms with Crippen molar-refractivity contribution in [2.45, 2.75) is 24.9 Å². The van der Waals surface area contributed by atoms with E-state index in [4.69, 9.17) is 11.6 Å². The van der Waals surface area contributed by atoms with E-state index in [1.165, 1.54) is 6.07 Å². The zero-order chi connectivity index (χ0) is 19.5. The number of hydrogen-bond acceptors (Lipinski definition) is 5. The van der Waals surface area contributed by atoms with Gasteiger partial charge in [0.25, 0.3) is 0 Å². The third-order valence-corrected chi connectivity index (χ3v) is 5.40. The summed E-state index contributed by atoms with van der Waals surface area (Å²) < 4.78 is 64.8. The SMILES string of the molecule is Cc1cc(S(=O)(=O)NCCNc2nccc(C(F)(F)F)n2)c(C)cc1Cl. The lowest BCUT2D eigenvalue weighted by molar-refractivity contribution is -0.141. The monoisotopic (exact) mass is 408 g/mol. The highest BCUT2D eigenvalue weighted by atomic mass is 35.5. The fourth-order valence-corrected chi connectivity index (χ4v) is 3.64. The maximum Gasteiger partial charge on any atom is 0.433 e. The molecule has 26 heavy (non-hydrogen) atoms. The second-order valence-corrected chi connectivity index (χ2v) is 7.60. The Morgan fingerprint density at radius 3 is 2.50 bits per heavy atom. The van der Waals surface area contributed by atoms with Crippen LogP contribution in [0.25, 0.3) is 0 Å². The zero-order valence-corrected chi connectivity index (χ0v) is 15.4. The molecule has 0 spiro atoms. The number of sulfonamides is 1. The van der Waals surface area contributed by atoms with E-state index in [2.05, 4.69) is 20.0 Å². The second kappa shape index (κ2) is 7.77. The molecule has 0 saturated heterocycles. The summed E-state index contributed by atoms with van der Waals surface area (Å²) in [7, 11) is -3.79. The van der Waals surface area contributed by atoms with E-state index in [9.17, 15) is 21.6 Å². The van der Waals surface area contributed by atoms with Gasteiger partial charge in [0.15, 0.2) is 0 Å². The Labute approximate surface area is 153 Å². The first-order chi connectivity index (χ1) is 12.0. The van der Waals surface area contributed by atoms with Crippen molar-refractivity contribution in [3.05, 3.63) is 46.2 Å². The van der Waals surface area contributed by atoms with Crippen LogP contribution in [0.2, 0.25) is 5.02 Å². The fraction of sp³-hybridized carbons (Fsp3) is 0.333. The van der Waals surface area contributed by atoms with E-state index in [0.29, 0.717) is 16.1 Å². The lowest BCUT2D eigenvalue weighted by atomic mass is 10.2. The molecule has 0 aliphatic heterocycles. The number of halogens is 4. The number of aromatic nitrogens is 2. The summed E-state index contributed by atoms with van der Waals surface area (Å²) >= 11 is 5.96. The lowest BCUT2D eigenvalue weighted by Crippen LogP contribution is -2.30. The smallest absolute Gasteiger partial charge is 0.353 e. The second-order valence-electron chi connectivity index (χ2n) is 5.45.